The van der Waals surface area contributed by atoms with Crippen LogP contribution < -0.4 is 4.23 Å². The minimum atomic E-state index is -1.44. The summed E-state index contributed by atoms with van der Waals surface area (Å²) in [6, 6.07) is 0. The zero-order valence-corrected chi connectivity index (χ0v) is 16.4. The van der Waals surface area contributed by atoms with Gasteiger partial charge in [-0.15, -0.1) is 5.10 Å². The largest absolute Gasteiger partial charge is 0.393 e. The van der Waals surface area contributed by atoms with E-state index in [0.29, 0.717) is 0 Å². The maximum atomic E-state index is 4.78. The van der Waals surface area contributed by atoms with Gasteiger partial charge in [0.2, 0.25) is 5.95 Å². The van der Waals surface area contributed by atoms with Crippen molar-refractivity contribution >= 4 is 30.7 Å². The first kappa shape index (κ1) is 15.6. The van der Waals surface area contributed by atoms with E-state index in [9.17, 15) is 0 Å². The van der Waals surface area contributed by atoms with Crippen LogP contribution in [0.1, 0.15) is 0 Å². The lowest BCUT2D eigenvalue weighted by molar-refractivity contribution is 0.930. The summed E-state index contributed by atoms with van der Waals surface area (Å²) in [7, 11) is -4.30. The first-order valence-corrected chi connectivity index (χ1v) is 16.9. The molecule has 0 spiro atoms. The van der Waals surface area contributed by atoms with Gasteiger partial charge in [-0.25, -0.2) is 4.98 Å². The van der Waals surface area contributed by atoms with Gasteiger partial charge in [-0.1, -0.05) is 39.3 Å². The molecule has 0 aliphatic carbocycles. The van der Waals surface area contributed by atoms with Gasteiger partial charge in [0.15, 0.2) is 8.24 Å². The SMILES string of the molecule is C[Si](C)(C)N(c1ncn([Si](C)(C)C)n1)[Si](C)(C)C. The van der Waals surface area contributed by atoms with Crippen molar-refractivity contribution in [1.82, 2.24) is 14.4 Å². The Kier molecular flexibility index (Phi) is 4.00. The van der Waals surface area contributed by atoms with E-state index in [-0.39, 0.29) is 0 Å². The molecule has 1 aromatic rings. The molecule has 1 aromatic heterocycles. The molecule has 0 aromatic carbocycles. The number of hydrogen-bond donors (Lipinski definition) is 0. The molecule has 0 atom stereocenters. The monoisotopic (exact) mass is 300 g/mol. The van der Waals surface area contributed by atoms with Crippen LogP contribution in [0.2, 0.25) is 58.9 Å². The van der Waals surface area contributed by atoms with Crippen molar-refractivity contribution < 1.29 is 0 Å². The summed E-state index contributed by atoms with van der Waals surface area (Å²) in [4.78, 5) is 4.60. The van der Waals surface area contributed by atoms with Crippen LogP contribution in [0.4, 0.5) is 5.95 Å². The average Bonchev–Trinajstić information content (AvgIpc) is 2.45. The van der Waals surface area contributed by atoms with E-state index in [1.54, 1.807) is 0 Å². The molecule has 4 nitrogen and oxygen atoms in total. The van der Waals surface area contributed by atoms with Gasteiger partial charge in [-0.3, -0.25) is 4.35 Å². The molecule has 0 amide bonds. The fourth-order valence-corrected chi connectivity index (χ4v) is 12.5. The Morgan fingerprint density at radius 3 is 1.61 bits per heavy atom. The van der Waals surface area contributed by atoms with E-state index < -0.39 is 24.7 Å². The van der Waals surface area contributed by atoms with Gasteiger partial charge in [0.25, 0.3) is 0 Å². The second-order valence-corrected chi connectivity index (χ2v) is 22.7. The summed E-state index contributed by atoms with van der Waals surface area (Å²) < 4.78 is 4.67. The fraction of sp³-hybridized carbons (Fsp3) is 0.818. The maximum absolute atomic E-state index is 4.78. The van der Waals surface area contributed by atoms with Crippen molar-refractivity contribution in [1.29, 1.82) is 0 Å². The first-order chi connectivity index (χ1) is 7.83. The molecular formula is C11H28N4Si3. The minimum Gasteiger partial charge on any atom is -0.393 e. The van der Waals surface area contributed by atoms with Crippen molar-refractivity contribution in [3.63, 3.8) is 0 Å². The highest BCUT2D eigenvalue weighted by molar-refractivity contribution is 6.99. The highest BCUT2D eigenvalue weighted by Gasteiger charge is 2.37. The van der Waals surface area contributed by atoms with Crippen LogP contribution in [0.5, 0.6) is 0 Å². The van der Waals surface area contributed by atoms with Crippen LogP contribution in [-0.4, -0.2) is 39.1 Å². The predicted octanol–water partition coefficient (Wildman–Crippen LogP) is 3.44. The van der Waals surface area contributed by atoms with Crippen LogP contribution in [0.15, 0.2) is 6.33 Å². The van der Waals surface area contributed by atoms with Crippen LogP contribution in [0.3, 0.4) is 0 Å². The maximum Gasteiger partial charge on any atom is 0.227 e. The molecule has 0 unspecified atom stereocenters. The predicted molar refractivity (Wildman–Crippen MR) is 87.9 cm³/mol. The number of nitrogens with zero attached hydrogens (tertiary/aromatic N) is 4. The summed E-state index contributed by atoms with van der Waals surface area (Å²) in [5.41, 5.74) is 0. The van der Waals surface area contributed by atoms with Crippen LogP contribution in [0, 0.1) is 0 Å². The Bertz CT molecular complexity index is 395. The normalized spacial score (nSPS) is 13.8. The van der Waals surface area contributed by atoms with Crippen molar-refractivity contribution in [2.45, 2.75) is 58.9 Å². The van der Waals surface area contributed by atoms with Gasteiger partial charge in [0, 0.05) is 0 Å². The number of rotatable bonds is 4. The first-order valence-electron chi connectivity index (χ1n) is 6.56. The third-order valence-electron chi connectivity index (χ3n) is 2.71. The molecule has 0 fully saturated rings. The third kappa shape index (κ3) is 3.55. The van der Waals surface area contributed by atoms with Gasteiger partial charge in [0.05, 0.1) is 0 Å². The molecule has 7 heteroatoms. The average molecular weight is 301 g/mol. The van der Waals surface area contributed by atoms with Crippen LogP contribution in [-0.2, 0) is 0 Å². The van der Waals surface area contributed by atoms with Crippen LogP contribution >= 0.6 is 0 Å². The second kappa shape index (κ2) is 4.61. The Morgan fingerprint density at radius 2 is 1.33 bits per heavy atom. The van der Waals surface area contributed by atoms with Crippen molar-refractivity contribution in [2.24, 2.45) is 0 Å². The van der Waals surface area contributed by atoms with Crippen molar-refractivity contribution in [2.75, 3.05) is 4.23 Å². The molecule has 0 saturated heterocycles. The summed E-state index contributed by atoms with van der Waals surface area (Å²) in [5, 5.41) is 4.78. The standard InChI is InChI=1S/C11H28N4Si3/c1-16(2,3)14-10-12-11(13-14)15(17(4,5)6)18(7,8)9/h10H,1-9H3. The molecule has 1 rings (SSSR count). The molecule has 0 bridgehead atoms. The Balaban J connectivity index is 3.21. The molecule has 0 N–H and O–H groups in total. The zero-order chi connectivity index (χ0) is 14.4. The summed E-state index contributed by atoms with van der Waals surface area (Å²) in [5.74, 6) is 0.954. The number of hydrogen-bond acceptors (Lipinski definition) is 3. The molecule has 0 aliphatic rings. The van der Waals surface area contributed by atoms with E-state index in [2.05, 4.69) is 72.5 Å². The lowest BCUT2D eigenvalue weighted by atomic mass is 11.1. The smallest absolute Gasteiger partial charge is 0.227 e. The molecule has 0 aliphatic heterocycles. The van der Waals surface area contributed by atoms with E-state index in [1.165, 1.54) is 0 Å². The van der Waals surface area contributed by atoms with E-state index >= 15 is 0 Å². The van der Waals surface area contributed by atoms with E-state index in [0.717, 1.165) is 5.95 Å². The molecule has 1 heterocycles. The van der Waals surface area contributed by atoms with Gasteiger partial charge in [-0.2, -0.15) is 0 Å². The molecular weight excluding hydrogens is 272 g/mol. The van der Waals surface area contributed by atoms with Crippen LogP contribution in [0.25, 0.3) is 0 Å². The lowest BCUT2D eigenvalue weighted by Crippen LogP contribution is -2.60. The van der Waals surface area contributed by atoms with Gasteiger partial charge >= 0.3 is 0 Å². The zero-order valence-electron chi connectivity index (χ0n) is 13.4. The highest BCUT2D eigenvalue weighted by atomic mass is 28.4. The summed E-state index contributed by atoms with van der Waals surface area (Å²) in [6.07, 6.45) is 1.93. The molecule has 0 radical (unpaired) electrons. The van der Waals surface area contributed by atoms with Crippen molar-refractivity contribution in [3.05, 3.63) is 6.33 Å². The summed E-state index contributed by atoms with van der Waals surface area (Å²) in [6.45, 7) is 21.1. The minimum absolute atomic E-state index is 0.954. The fourth-order valence-electron chi connectivity index (χ4n) is 2.29. The van der Waals surface area contributed by atoms with E-state index in [4.69, 9.17) is 5.10 Å². The molecule has 104 valence electrons. The number of aromatic nitrogens is 3. The molecule has 0 saturated carbocycles. The third-order valence-corrected chi connectivity index (χ3v) is 11.4. The van der Waals surface area contributed by atoms with Gasteiger partial charge in [0.1, 0.15) is 22.8 Å². The number of anilines is 1. The highest BCUT2D eigenvalue weighted by Crippen LogP contribution is 2.25. The quantitative estimate of drug-likeness (QED) is 0.799. The van der Waals surface area contributed by atoms with E-state index in [1.807, 2.05) is 6.33 Å². The second-order valence-electron chi connectivity index (χ2n) is 7.84. The molecule has 18 heavy (non-hydrogen) atoms. The topological polar surface area (TPSA) is 34.0 Å². The van der Waals surface area contributed by atoms with Gasteiger partial charge in [-0.05, 0) is 19.6 Å². The Hall–Kier alpha value is -0.409. The lowest BCUT2D eigenvalue weighted by Gasteiger charge is -2.43. The van der Waals surface area contributed by atoms with Gasteiger partial charge < -0.3 is 4.23 Å². The Labute approximate surface area is 115 Å². The summed E-state index contributed by atoms with van der Waals surface area (Å²) >= 11 is 0. The Morgan fingerprint density at radius 1 is 0.889 bits per heavy atom. The van der Waals surface area contributed by atoms with Crippen molar-refractivity contribution in [3.8, 4) is 0 Å².